The van der Waals surface area contributed by atoms with Gasteiger partial charge in [-0.05, 0) is 0 Å². The summed E-state index contributed by atoms with van der Waals surface area (Å²) in [6.07, 6.45) is -4.73. The molecule has 1 heterocycles. The molecule has 1 aliphatic heterocycles. The van der Waals surface area contributed by atoms with Gasteiger partial charge in [-0.3, -0.25) is 9.35 Å². The maximum atomic E-state index is 12.1. The van der Waals surface area contributed by atoms with Gasteiger partial charge in [-0.15, -0.1) is 0 Å². The van der Waals surface area contributed by atoms with E-state index in [4.69, 9.17) is 4.55 Å². The minimum absolute atomic E-state index is 0.154. The first kappa shape index (κ1) is 11.8. The Morgan fingerprint density at radius 3 is 2.27 bits per heavy atom. The van der Waals surface area contributed by atoms with E-state index in [-0.39, 0.29) is 6.08 Å². The summed E-state index contributed by atoms with van der Waals surface area (Å²) in [4.78, 5) is 10.7. The fourth-order valence-corrected chi connectivity index (χ4v) is 1.37. The molecule has 0 spiro atoms. The number of amides is 1. The summed E-state index contributed by atoms with van der Waals surface area (Å²) >= 11 is 0. The van der Waals surface area contributed by atoms with Crippen molar-refractivity contribution in [1.82, 2.24) is 10.6 Å². The Morgan fingerprint density at radius 1 is 1.33 bits per heavy atom. The van der Waals surface area contributed by atoms with E-state index in [1.165, 1.54) is 5.32 Å². The zero-order chi connectivity index (χ0) is 11.9. The highest BCUT2D eigenvalue weighted by atomic mass is 32.2. The van der Waals surface area contributed by atoms with Crippen LogP contribution in [0.25, 0.3) is 0 Å². The standard InChI is InChI=1S/C5H5F3N2O4S/c6-5(7,8)2-1-3(11)10-4(9-2)15(12,13)14/h1,4,9H,(H,10,11)(H,12,13,14). The predicted molar refractivity (Wildman–Crippen MR) is 40.8 cm³/mol. The molecule has 0 saturated heterocycles. The highest BCUT2D eigenvalue weighted by Crippen LogP contribution is 2.25. The van der Waals surface area contributed by atoms with Crippen LogP contribution < -0.4 is 10.6 Å². The number of nitrogens with one attached hydrogen (secondary N) is 2. The number of carbonyl (C=O) groups is 1. The van der Waals surface area contributed by atoms with Gasteiger partial charge in [0.1, 0.15) is 5.70 Å². The number of hydrogen-bond acceptors (Lipinski definition) is 4. The van der Waals surface area contributed by atoms with Crippen molar-refractivity contribution >= 4 is 16.0 Å². The van der Waals surface area contributed by atoms with Gasteiger partial charge in [-0.25, -0.2) is 0 Å². The lowest BCUT2D eigenvalue weighted by molar-refractivity contribution is -0.121. The van der Waals surface area contributed by atoms with Gasteiger partial charge < -0.3 is 10.6 Å². The average Bonchev–Trinajstić information content (AvgIpc) is 1.99. The van der Waals surface area contributed by atoms with Crippen molar-refractivity contribution in [3.05, 3.63) is 11.8 Å². The zero-order valence-electron chi connectivity index (χ0n) is 6.87. The van der Waals surface area contributed by atoms with Gasteiger partial charge in [-0.1, -0.05) is 0 Å². The summed E-state index contributed by atoms with van der Waals surface area (Å²) in [5.41, 5.74) is -3.72. The molecule has 0 aromatic heterocycles. The molecule has 0 fully saturated rings. The lowest BCUT2D eigenvalue weighted by atomic mass is 10.3. The fourth-order valence-electron chi connectivity index (χ4n) is 0.834. The molecule has 1 unspecified atom stereocenters. The smallest absolute Gasteiger partial charge is 0.347 e. The van der Waals surface area contributed by atoms with Gasteiger partial charge in [-0.2, -0.15) is 21.6 Å². The lowest BCUT2D eigenvalue weighted by Gasteiger charge is -2.24. The number of allylic oxidation sites excluding steroid dienone is 1. The summed E-state index contributed by atoms with van der Waals surface area (Å²) in [6.45, 7) is 0. The van der Waals surface area contributed by atoms with Crippen molar-refractivity contribution in [2.24, 2.45) is 0 Å². The molecular weight excluding hydrogens is 241 g/mol. The summed E-state index contributed by atoms with van der Waals surface area (Å²) in [6, 6.07) is 0. The Balaban J connectivity index is 3.02. The van der Waals surface area contributed by atoms with Crippen LogP contribution in [0.5, 0.6) is 0 Å². The monoisotopic (exact) mass is 246 g/mol. The third-order valence-electron chi connectivity index (χ3n) is 1.44. The molecule has 15 heavy (non-hydrogen) atoms. The third-order valence-corrected chi connectivity index (χ3v) is 2.27. The molecule has 0 aromatic carbocycles. The normalized spacial score (nSPS) is 22.8. The van der Waals surface area contributed by atoms with Crippen LogP contribution in [-0.2, 0) is 14.9 Å². The van der Waals surface area contributed by atoms with E-state index in [2.05, 4.69) is 0 Å². The van der Waals surface area contributed by atoms with E-state index < -0.39 is 33.4 Å². The van der Waals surface area contributed by atoms with Crippen LogP contribution in [0, 0.1) is 0 Å². The third kappa shape index (κ3) is 2.83. The molecule has 0 bridgehead atoms. The minimum atomic E-state index is -4.89. The highest BCUT2D eigenvalue weighted by Gasteiger charge is 2.41. The van der Waals surface area contributed by atoms with Crippen molar-refractivity contribution in [2.45, 2.75) is 11.7 Å². The molecule has 6 nitrogen and oxygen atoms in total. The van der Waals surface area contributed by atoms with E-state index in [9.17, 15) is 26.4 Å². The van der Waals surface area contributed by atoms with Crippen molar-refractivity contribution in [3.63, 3.8) is 0 Å². The molecular formula is C5H5F3N2O4S. The molecule has 0 aromatic rings. The van der Waals surface area contributed by atoms with Crippen molar-refractivity contribution in [3.8, 4) is 0 Å². The maximum Gasteiger partial charge on any atom is 0.431 e. The Morgan fingerprint density at radius 2 is 1.87 bits per heavy atom. The van der Waals surface area contributed by atoms with Crippen LogP contribution in [-0.4, -0.2) is 30.6 Å². The first-order valence-electron chi connectivity index (χ1n) is 3.43. The van der Waals surface area contributed by atoms with Gasteiger partial charge in [0, 0.05) is 6.08 Å². The second-order valence-electron chi connectivity index (χ2n) is 2.60. The van der Waals surface area contributed by atoms with Crippen LogP contribution in [0.3, 0.4) is 0 Å². The molecule has 0 radical (unpaired) electrons. The molecule has 1 rings (SSSR count). The second kappa shape index (κ2) is 3.38. The van der Waals surface area contributed by atoms with Crippen LogP contribution in [0.15, 0.2) is 11.8 Å². The minimum Gasteiger partial charge on any atom is -0.347 e. The van der Waals surface area contributed by atoms with Crippen molar-refractivity contribution in [1.29, 1.82) is 0 Å². The average molecular weight is 246 g/mol. The first-order chi connectivity index (χ1) is 6.60. The number of rotatable bonds is 1. The van der Waals surface area contributed by atoms with E-state index >= 15 is 0 Å². The second-order valence-corrected chi connectivity index (χ2v) is 4.11. The Bertz CT molecular complexity index is 412. The van der Waals surface area contributed by atoms with Crippen LogP contribution in [0.1, 0.15) is 0 Å². The Labute approximate surface area is 81.9 Å². The van der Waals surface area contributed by atoms with E-state index in [0.717, 1.165) is 0 Å². The van der Waals surface area contributed by atoms with E-state index in [0.29, 0.717) is 0 Å². The maximum absolute atomic E-state index is 12.1. The lowest BCUT2D eigenvalue weighted by Crippen LogP contribution is -2.54. The Kier molecular flexibility index (Phi) is 2.65. The quantitative estimate of drug-likeness (QED) is 0.533. The first-order valence-corrected chi connectivity index (χ1v) is 4.93. The molecule has 3 N–H and O–H groups in total. The van der Waals surface area contributed by atoms with Gasteiger partial charge >= 0.3 is 16.3 Å². The summed E-state index contributed by atoms with van der Waals surface area (Å²) < 4.78 is 65.7. The number of hydrogen-bond donors (Lipinski definition) is 3. The van der Waals surface area contributed by atoms with Crippen LogP contribution >= 0.6 is 0 Å². The molecule has 1 amide bonds. The van der Waals surface area contributed by atoms with Gasteiger partial charge in [0.2, 0.25) is 11.4 Å². The molecule has 0 saturated carbocycles. The van der Waals surface area contributed by atoms with Crippen molar-refractivity contribution in [2.75, 3.05) is 0 Å². The summed E-state index contributed by atoms with van der Waals surface area (Å²) in [7, 11) is -4.84. The van der Waals surface area contributed by atoms with Crippen molar-refractivity contribution < 1.29 is 30.9 Å². The topological polar surface area (TPSA) is 95.5 Å². The van der Waals surface area contributed by atoms with Gasteiger partial charge in [0.05, 0.1) is 0 Å². The molecule has 10 heteroatoms. The molecule has 1 atom stereocenters. The molecule has 0 aliphatic carbocycles. The molecule has 86 valence electrons. The van der Waals surface area contributed by atoms with Crippen LogP contribution in [0.2, 0.25) is 0 Å². The van der Waals surface area contributed by atoms with Gasteiger partial charge in [0.15, 0.2) is 0 Å². The number of carbonyl (C=O) groups excluding carboxylic acids is 1. The summed E-state index contributed by atoms with van der Waals surface area (Å²) in [5.74, 6) is -1.26. The van der Waals surface area contributed by atoms with Gasteiger partial charge in [0.25, 0.3) is 0 Å². The highest BCUT2D eigenvalue weighted by molar-refractivity contribution is 7.86. The van der Waals surface area contributed by atoms with E-state index in [1.807, 2.05) is 0 Å². The number of alkyl halides is 3. The largest absolute Gasteiger partial charge is 0.431 e. The fraction of sp³-hybridized carbons (Fsp3) is 0.400. The van der Waals surface area contributed by atoms with Crippen LogP contribution in [0.4, 0.5) is 13.2 Å². The SMILES string of the molecule is O=C1C=C(C(F)(F)F)NC(S(=O)(=O)O)N1. The number of halogens is 3. The van der Waals surface area contributed by atoms with E-state index in [1.54, 1.807) is 5.32 Å². The predicted octanol–water partition coefficient (Wildman–Crippen LogP) is -0.677. The zero-order valence-corrected chi connectivity index (χ0v) is 7.69. The Hall–Kier alpha value is -1.29. The molecule has 1 aliphatic rings. The summed E-state index contributed by atoms with van der Waals surface area (Å²) in [5, 5.41) is 3.02.